The van der Waals surface area contributed by atoms with Gasteiger partial charge in [-0.05, 0) is 32.3 Å². The predicted molar refractivity (Wildman–Crippen MR) is 115 cm³/mol. The minimum absolute atomic E-state index is 0.252. The fraction of sp³-hybridized carbons (Fsp3) is 0.591. The Bertz CT molecular complexity index is 872. The largest absolute Gasteiger partial charge is 0.444 e. The van der Waals surface area contributed by atoms with Gasteiger partial charge in [-0.25, -0.2) is 4.79 Å². The first-order chi connectivity index (χ1) is 15.8. The van der Waals surface area contributed by atoms with Crippen molar-refractivity contribution in [1.29, 1.82) is 0 Å². The van der Waals surface area contributed by atoms with Crippen LogP contribution in [0.4, 0.5) is 26.7 Å². The van der Waals surface area contributed by atoms with Crippen LogP contribution >= 0.6 is 0 Å². The number of aliphatic hydroxyl groups excluding tert-OH is 1. The van der Waals surface area contributed by atoms with Crippen molar-refractivity contribution in [2.45, 2.75) is 70.5 Å². The van der Waals surface area contributed by atoms with Crippen LogP contribution in [-0.2, 0) is 14.3 Å². The maximum atomic E-state index is 14.5. The smallest absolute Gasteiger partial charge is 0.408 e. The number of benzene rings is 1. The second-order valence-corrected chi connectivity index (χ2v) is 9.13. The number of hydrogen-bond donors (Lipinski definition) is 4. The molecule has 0 heterocycles. The number of nitrogens with one attached hydrogen (secondary N) is 3. The van der Waals surface area contributed by atoms with Crippen molar-refractivity contribution >= 4 is 17.9 Å². The number of alkyl carbamates (subject to hydrolysis) is 1. The van der Waals surface area contributed by atoms with Crippen molar-refractivity contribution in [1.82, 2.24) is 16.0 Å². The van der Waals surface area contributed by atoms with Crippen molar-refractivity contribution < 1.29 is 46.2 Å². The van der Waals surface area contributed by atoms with E-state index in [0.717, 1.165) is 5.32 Å². The van der Waals surface area contributed by atoms with E-state index < -0.39 is 66.3 Å². The zero-order valence-corrected chi connectivity index (χ0v) is 19.9. The summed E-state index contributed by atoms with van der Waals surface area (Å²) in [6, 6.07) is 4.48. The highest BCUT2D eigenvalue weighted by molar-refractivity contribution is 5.88. The molecule has 0 aliphatic rings. The minimum Gasteiger partial charge on any atom is -0.444 e. The van der Waals surface area contributed by atoms with Gasteiger partial charge >= 0.3 is 18.2 Å². The molecule has 0 spiro atoms. The third-order valence-corrected chi connectivity index (χ3v) is 4.55. The Labute approximate surface area is 199 Å². The van der Waals surface area contributed by atoms with E-state index in [1.807, 2.05) is 0 Å². The Morgan fingerprint density at radius 3 is 1.97 bits per heavy atom. The molecule has 0 fully saturated rings. The second-order valence-electron chi connectivity index (χ2n) is 9.13. The third kappa shape index (κ3) is 9.67. The first kappa shape index (κ1) is 30.1. The van der Waals surface area contributed by atoms with Gasteiger partial charge in [-0.1, -0.05) is 44.2 Å². The molecule has 3 amide bonds. The van der Waals surface area contributed by atoms with Gasteiger partial charge in [0.1, 0.15) is 24.3 Å². The standard InChI is InChI=1S/C22H30F5N3O5/c1-12(2)14(16(31)22(26,27)18(33)28-11-21(23,24)25)29-17(32)15(13-9-7-6-8-10-13)30-19(34)35-20(3,4)5/h6-10,12,14-16,31H,11H2,1-5H3,(H,28,33)(H,29,32)(H,30,34). The van der Waals surface area contributed by atoms with E-state index >= 15 is 0 Å². The zero-order valence-electron chi connectivity index (χ0n) is 19.9. The lowest BCUT2D eigenvalue weighted by Crippen LogP contribution is -2.60. The molecule has 1 aromatic rings. The normalized spacial score (nSPS) is 15.1. The van der Waals surface area contributed by atoms with Crippen LogP contribution in [0, 0.1) is 5.92 Å². The molecule has 3 unspecified atom stereocenters. The van der Waals surface area contributed by atoms with Gasteiger partial charge in [0, 0.05) is 0 Å². The number of aliphatic hydroxyl groups is 1. The Kier molecular flexibility index (Phi) is 10.0. The Hall–Kier alpha value is -2.96. The van der Waals surface area contributed by atoms with Gasteiger partial charge in [0.25, 0.3) is 5.91 Å². The van der Waals surface area contributed by atoms with Gasteiger partial charge in [0.15, 0.2) is 0 Å². The van der Waals surface area contributed by atoms with Gasteiger partial charge in [-0.3, -0.25) is 9.59 Å². The summed E-state index contributed by atoms with van der Waals surface area (Å²) >= 11 is 0. The van der Waals surface area contributed by atoms with Crippen LogP contribution in [0.25, 0.3) is 0 Å². The summed E-state index contributed by atoms with van der Waals surface area (Å²) in [5.41, 5.74) is -0.660. The van der Waals surface area contributed by atoms with Gasteiger partial charge in [-0.2, -0.15) is 22.0 Å². The number of carbonyl (C=O) groups excluding carboxylic acids is 3. The van der Waals surface area contributed by atoms with Crippen LogP contribution in [0.5, 0.6) is 0 Å². The number of hydrogen-bond acceptors (Lipinski definition) is 5. The summed E-state index contributed by atoms with van der Waals surface area (Å²) < 4.78 is 71.0. The first-order valence-corrected chi connectivity index (χ1v) is 10.6. The molecule has 8 nitrogen and oxygen atoms in total. The van der Waals surface area contributed by atoms with Crippen LogP contribution in [0.15, 0.2) is 30.3 Å². The van der Waals surface area contributed by atoms with Crippen molar-refractivity contribution in [2.24, 2.45) is 5.92 Å². The zero-order chi connectivity index (χ0) is 27.2. The first-order valence-electron chi connectivity index (χ1n) is 10.6. The molecular weight excluding hydrogens is 481 g/mol. The Balaban J connectivity index is 3.14. The SMILES string of the molecule is CC(C)C(NC(=O)C(NC(=O)OC(C)(C)C)c1ccccc1)C(O)C(F)(F)C(=O)NCC(F)(F)F. The van der Waals surface area contributed by atoms with E-state index in [1.54, 1.807) is 39.0 Å². The monoisotopic (exact) mass is 511 g/mol. The third-order valence-electron chi connectivity index (χ3n) is 4.55. The Morgan fingerprint density at radius 1 is 0.971 bits per heavy atom. The summed E-state index contributed by atoms with van der Waals surface area (Å²) in [4.78, 5) is 37.0. The molecule has 0 bridgehead atoms. The van der Waals surface area contributed by atoms with E-state index in [1.165, 1.54) is 26.0 Å². The van der Waals surface area contributed by atoms with Gasteiger partial charge in [-0.15, -0.1) is 0 Å². The van der Waals surface area contributed by atoms with E-state index in [0.29, 0.717) is 0 Å². The number of rotatable bonds is 9. The summed E-state index contributed by atoms with van der Waals surface area (Å²) in [5.74, 6) is -8.94. The highest BCUT2D eigenvalue weighted by atomic mass is 19.4. The summed E-state index contributed by atoms with van der Waals surface area (Å²) in [6.45, 7) is 5.42. The van der Waals surface area contributed by atoms with Crippen molar-refractivity contribution in [3.63, 3.8) is 0 Å². The molecule has 3 atom stereocenters. The van der Waals surface area contributed by atoms with Crippen LogP contribution in [0.3, 0.4) is 0 Å². The second kappa shape index (κ2) is 11.6. The van der Waals surface area contributed by atoms with E-state index in [2.05, 4.69) is 10.6 Å². The number of amides is 3. The lowest BCUT2D eigenvalue weighted by atomic mass is 9.93. The molecule has 1 aromatic carbocycles. The van der Waals surface area contributed by atoms with Crippen LogP contribution in [0.1, 0.15) is 46.2 Å². The topological polar surface area (TPSA) is 117 Å². The molecule has 0 aliphatic carbocycles. The van der Waals surface area contributed by atoms with E-state index in [4.69, 9.17) is 4.74 Å². The number of ether oxygens (including phenoxy) is 1. The fourth-order valence-corrected chi connectivity index (χ4v) is 2.89. The van der Waals surface area contributed by atoms with Crippen LogP contribution in [0.2, 0.25) is 0 Å². The highest BCUT2D eigenvalue weighted by Crippen LogP contribution is 2.26. The quantitative estimate of drug-likeness (QED) is 0.381. The molecule has 4 N–H and O–H groups in total. The number of carbonyl (C=O) groups is 3. The van der Waals surface area contributed by atoms with Crippen molar-refractivity contribution in [3.8, 4) is 0 Å². The molecule has 0 aliphatic heterocycles. The van der Waals surface area contributed by atoms with Gasteiger partial charge < -0.3 is 25.8 Å². The molecule has 13 heteroatoms. The fourth-order valence-electron chi connectivity index (χ4n) is 2.89. The van der Waals surface area contributed by atoms with E-state index in [9.17, 15) is 41.4 Å². The molecule has 35 heavy (non-hydrogen) atoms. The average Bonchev–Trinajstić information content (AvgIpc) is 2.71. The van der Waals surface area contributed by atoms with E-state index in [-0.39, 0.29) is 5.56 Å². The maximum Gasteiger partial charge on any atom is 0.408 e. The van der Waals surface area contributed by atoms with Crippen molar-refractivity contribution in [2.75, 3.05) is 6.54 Å². The lowest BCUT2D eigenvalue weighted by molar-refractivity contribution is -0.174. The number of halogens is 5. The number of alkyl halides is 5. The predicted octanol–water partition coefficient (Wildman–Crippen LogP) is 3.07. The Morgan fingerprint density at radius 2 is 1.51 bits per heavy atom. The van der Waals surface area contributed by atoms with Crippen molar-refractivity contribution in [3.05, 3.63) is 35.9 Å². The molecule has 0 saturated heterocycles. The lowest BCUT2D eigenvalue weighted by Gasteiger charge is -2.33. The molecule has 0 saturated carbocycles. The minimum atomic E-state index is -4.95. The van der Waals surface area contributed by atoms with Gasteiger partial charge in [0.2, 0.25) is 5.91 Å². The average molecular weight is 511 g/mol. The summed E-state index contributed by atoms with van der Waals surface area (Å²) in [6.07, 6.45) is -8.81. The maximum absolute atomic E-state index is 14.5. The van der Waals surface area contributed by atoms with Gasteiger partial charge in [0.05, 0.1) is 6.04 Å². The summed E-state index contributed by atoms with van der Waals surface area (Å²) in [5, 5.41) is 15.8. The summed E-state index contributed by atoms with van der Waals surface area (Å²) in [7, 11) is 0. The van der Waals surface area contributed by atoms with Crippen LogP contribution in [-0.4, -0.2) is 59.4 Å². The molecule has 0 aromatic heterocycles. The molecular formula is C22H30F5N3O5. The molecule has 1 rings (SSSR count). The van der Waals surface area contributed by atoms with Crippen LogP contribution < -0.4 is 16.0 Å². The molecule has 198 valence electrons. The molecule has 0 radical (unpaired) electrons. The highest BCUT2D eigenvalue weighted by Gasteiger charge is 2.52.